The van der Waals surface area contributed by atoms with Crippen molar-refractivity contribution in [2.45, 2.75) is 52.2 Å². The Morgan fingerprint density at radius 3 is 2.07 bits per heavy atom. The van der Waals surface area contributed by atoms with Gasteiger partial charge < -0.3 is 14.9 Å². The molecule has 0 aliphatic rings. The predicted octanol–water partition coefficient (Wildman–Crippen LogP) is 1.45. The zero-order valence-electron chi connectivity index (χ0n) is 9.61. The Kier molecular flexibility index (Phi) is 8.33. The molecule has 0 fully saturated rings. The first-order chi connectivity index (χ1) is 7.11. The second-order valence-corrected chi connectivity index (χ2v) is 3.71. The van der Waals surface area contributed by atoms with Crippen LogP contribution in [0.25, 0.3) is 0 Å². The number of aliphatic hydroxyl groups excluding tert-OH is 1. The fourth-order valence-electron chi connectivity index (χ4n) is 1.46. The van der Waals surface area contributed by atoms with Gasteiger partial charge in [-0.05, 0) is 12.8 Å². The van der Waals surface area contributed by atoms with Crippen LogP contribution >= 0.6 is 0 Å². The van der Waals surface area contributed by atoms with E-state index >= 15 is 0 Å². The second kappa shape index (κ2) is 8.68. The summed E-state index contributed by atoms with van der Waals surface area (Å²) in [7, 11) is 0. The van der Waals surface area contributed by atoms with E-state index in [1.165, 1.54) is 0 Å². The summed E-state index contributed by atoms with van der Waals surface area (Å²) in [6.07, 6.45) is 2.29. The van der Waals surface area contributed by atoms with Gasteiger partial charge in [0, 0.05) is 6.42 Å². The lowest BCUT2D eigenvalue weighted by Crippen LogP contribution is -2.20. The van der Waals surface area contributed by atoms with Crippen LogP contribution in [0, 0.1) is 5.92 Å². The second-order valence-electron chi connectivity index (χ2n) is 3.71. The first kappa shape index (κ1) is 14.4. The van der Waals surface area contributed by atoms with Crippen LogP contribution in [0.3, 0.4) is 0 Å². The van der Waals surface area contributed by atoms with Gasteiger partial charge in [0.2, 0.25) is 0 Å². The third-order valence-corrected chi connectivity index (χ3v) is 2.23. The Bertz CT molecular complexity index is 162. The van der Waals surface area contributed by atoms with Crippen LogP contribution in [-0.2, 0) is 9.53 Å². The van der Waals surface area contributed by atoms with Crippen molar-refractivity contribution in [1.29, 1.82) is 0 Å². The number of rotatable bonds is 8. The molecular formula is C11H22O4. The van der Waals surface area contributed by atoms with E-state index in [1.54, 1.807) is 0 Å². The van der Waals surface area contributed by atoms with Crippen molar-refractivity contribution in [2.75, 3.05) is 6.61 Å². The van der Waals surface area contributed by atoms with Crippen LogP contribution in [0.5, 0.6) is 0 Å². The van der Waals surface area contributed by atoms with Gasteiger partial charge in [-0.15, -0.1) is 0 Å². The van der Waals surface area contributed by atoms with Crippen molar-refractivity contribution in [2.24, 2.45) is 5.92 Å². The number of carbonyl (C=O) groups excluding carboxylic acids is 1. The minimum Gasteiger partial charge on any atom is -0.465 e. The maximum Gasteiger partial charge on any atom is 0.308 e. The Balaban J connectivity index is 3.80. The number of hydrogen-bond donors (Lipinski definition) is 2. The van der Waals surface area contributed by atoms with Crippen molar-refractivity contribution < 1.29 is 19.7 Å². The van der Waals surface area contributed by atoms with Crippen LogP contribution in [0.15, 0.2) is 0 Å². The maximum absolute atomic E-state index is 11.5. The molecule has 0 spiro atoms. The molecule has 0 amide bonds. The Labute approximate surface area is 91.3 Å². The molecule has 0 rings (SSSR count). The molecule has 4 nitrogen and oxygen atoms in total. The highest BCUT2D eigenvalue weighted by atomic mass is 16.5. The van der Waals surface area contributed by atoms with Gasteiger partial charge in [0.05, 0.1) is 12.5 Å². The average molecular weight is 218 g/mol. The molecule has 90 valence electrons. The summed E-state index contributed by atoms with van der Waals surface area (Å²) in [6.45, 7) is 4.15. The zero-order valence-corrected chi connectivity index (χ0v) is 9.61. The van der Waals surface area contributed by atoms with Crippen molar-refractivity contribution in [3.8, 4) is 0 Å². The number of ether oxygens (including phenoxy) is 1. The van der Waals surface area contributed by atoms with Crippen molar-refractivity contribution in [1.82, 2.24) is 0 Å². The minimum absolute atomic E-state index is 0.0316. The first-order valence-corrected chi connectivity index (χ1v) is 5.64. The third kappa shape index (κ3) is 7.33. The van der Waals surface area contributed by atoms with E-state index in [-0.39, 0.29) is 24.9 Å². The SMILES string of the molecule is CCCC(CCC)C(=O)OCCC(O)O. The monoisotopic (exact) mass is 218 g/mol. The molecule has 0 aromatic heterocycles. The summed E-state index contributed by atoms with van der Waals surface area (Å²) in [6, 6.07) is 0. The summed E-state index contributed by atoms with van der Waals surface area (Å²) in [5, 5.41) is 17.1. The van der Waals surface area contributed by atoms with Gasteiger partial charge in [0.1, 0.15) is 0 Å². The Morgan fingerprint density at radius 2 is 1.67 bits per heavy atom. The quantitative estimate of drug-likeness (QED) is 0.478. The average Bonchev–Trinajstić information content (AvgIpc) is 2.16. The summed E-state index contributed by atoms with van der Waals surface area (Å²) < 4.78 is 4.96. The number of carbonyl (C=O) groups is 1. The number of esters is 1. The molecule has 0 atom stereocenters. The molecule has 0 heterocycles. The van der Waals surface area contributed by atoms with Gasteiger partial charge in [0.25, 0.3) is 0 Å². The largest absolute Gasteiger partial charge is 0.465 e. The van der Waals surface area contributed by atoms with Gasteiger partial charge in [-0.2, -0.15) is 0 Å². The summed E-state index contributed by atoms with van der Waals surface area (Å²) in [5.74, 6) is -0.241. The Hall–Kier alpha value is -0.610. The van der Waals surface area contributed by atoms with Crippen molar-refractivity contribution in [3.63, 3.8) is 0 Å². The standard InChI is InChI=1S/C11H22O4/c1-3-5-9(6-4-2)11(14)15-8-7-10(12)13/h9-10,12-13H,3-8H2,1-2H3. The lowest BCUT2D eigenvalue weighted by Gasteiger charge is -2.14. The van der Waals surface area contributed by atoms with Crippen molar-refractivity contribution in [3.05, 3.63) is 0 Å². The molecule has 0 aromatic rings. The lowest BCUT2D eigenvalue weighted by molar-refractivity contribution is -0.151. The molecule has 0 aliphatic carbocycles. The van der Waals surface area contributed by atoms with Crippen LogP contribution in [-0.4, -0.2) is 29.1 Å². The molecule has 0 saturated carbocycles. The highest BCUT2D eigenvalue weighted by Gasteiger charge is 2.17. The molecule has 0 aliphatic heterocycles. The van der Waals surface area contributed by atoms with Gasteiger partial charge in [-0.25, -0.2) is 0 Å². The topological polar surface area (TPSA) is 66.8 Å². The van der Waals surface area contributed by atoms with Gasteiger partial charge in [-0.1, -0.05) is 26.7 Å². The molecule has 0 saturated heterocycles. The highest BCUT2D eigenvalue weighted by Crippen LogP contribution is 2.15. The summed E-state index contributed by atoms with van der Waals surface area (Å²) in [4.78, 5) is 11.5. The van der Waals surface area contributed by atoms with Crippen molar-refractivity contribution >= 4 is 5.97 Å². The molecule has 15 heavy (non-hydrogen) atoms. The van der Waals surface area contributed by atoms with E-state index in [4.69, 9.17) is 14.9 Å². The fourth-order valence-corrected chi connectivity index (χ4v) is 1.46. The minimum atomic E-state index is -1.39. The normalized spacial score (nSPS) is 11.1. The zero-order chi connectivity index (χ0) is 11.7. The van der Waals surface area contributed by atoms with Crippen LogP contribution < -0.4 is 0 Å². The van der Waals surface area contributed by atoms with Gasteiger partial charge >= 0.3 is 5.97 Å². The van der Waals surface area contributed by atoms with E-state index in [0.29, 0.717) is 0 Å². The molecule has 0 unspecified atom stereocenters. The lowest BCUT2D eigenvalue weighted by atomic mass is 9.99. The van der Waals surface area contributed by atoms with Crippen LogP contribution in [0.1, 0.15) is 46.0 Å². The smallest absolute Gasteiger partial charge is 0.308 e. The molecule has 0 bridgehead atoms. The highest BCUT2D eigenvalue weighted by molar-refractivity contribution is 5.72. The fraction of sp³-hybridized carbons (Fsp3) is 0.909. The van der Waals surface area contributed by atoms with Crippen LogP contribution in [0.2, 0.25) is 0 Å². The van der Waals surface area contributed by atoms with E-state index in [1.807, 2.05) is 13.8 Å². The van der Waals surface area contributed by atoms with E-state index in [0.717, 1.165) is 25.7 Å². The molecule has 2 N–H and O–H groups in total. The maximum atomic E-state index is 11.5. The van der Waals surface area contributed by atoms with E-state index in [2.05, 4.69) is 0 Å². The Morgan fingerprint density at radius 1 is 1.13 bits per heavy atom. The van der Waals surface area contributed by atoms with Gasteiger partial charge in [0.15, 0.2) is 6.29 Å². The van der Waals surface area contributed by atoms with Gasteiger partial charge in [-0.3, -0.25) is 4.79 Å². The molecule has 4 heteroatoms. The summed E-state index contributed by atoms with van der Waals surface area (Å²) >= 11 is 0. The summed E-state index contributed by atoms with van der Waals surface area (Å²) in [5.41, 5.74) is 0. The molecule has 0 aromatic carbocycles. The van der Waals surface area contributed by atoms with Crippen LogP contribution in [0.4, 0.5) is 0 Å². The third-order valence-electron chi connectivity index (χ3n) is 2.23. The molecular weight excluding hydrogens is 196 g/mol. The van der Waals surface area contributed by atoms with E-state index in [9.17, 15) is 4.79 Å². The molecule has 0 radical (unpaired) electrons. The first-order valence-electron chi connectivity index (χ1n) is 5.64. The van der Waals surface area contributed by atoms with E-state index < -0.39 is 6.29 Å². The number of hydrogen-bond acceptors (Lipinski definition) is 4. The predicted molar refractivity (Wildman–Crippen MR) is 57.1 cm³/mol. The number of aliphatic hydroxyl groups is 2.